The van der Waals surface area contributed by atoms with Crippen LogP contribution in [0, 0.1) is 5.92 Å². The average molecular weight is 382 g/mol. The Morgan fingerprint density at radius 3 is 2.11 bits per heavy atom. The first-order valence-electron chi connectivity index (χ1n) is 10.1. The number of hydrogen-bond acceptors (Lipinski definition) is 3. The van der Waals surface area contributed by atoms with Gasteiger partial charge in [0.1, 0.15) is 7.05 Å². The molecule has 0 saturated carbocycles. The van der Waals surface area contributed by atoms with Crippen LogP contribution in [-0.4, -0.2) is 17.7 Å². The molecular formula is C24H33N2O2+. The Kier molecular flexibility index (Phi) is 6.33. The third-order valence-electron chi connectivity index (χ3n) is 5.29. The summed E-state index contributed by atoms with van der Waals surface area (Å²) in [4.78, 5) is 0. The molecule has 2 aromatic rings. The summed E-state index contributed by atoms with van der Waals surface area (Å²) in [5.41, 5.74) is 9.30. The van der Waals surface area contributed by atoms with Gasteiger partial charge in [0.2, 0.25) is 0 Å². The fraction of sp³-hybridized carbons (Fsp3) is 0.458. The highest BCUT2D eigenvalue weighted by Gasteiger charge is 2.38. The summed E-state index contributed by atoms with van der Waals surface area (Å²) in [6, 6.07) is 12.5. The van der Waals surface area contributed by atoms with Crippen molar-refractivity contribution in [2.75, 3.05) is 0 Å². The Hall–Kier alpha value is -2.01. The molecule has 4 heteroatoms. The molecule has 0 spiro atoms. The fourth-order valence-electron chi connectivity index (χ4n) is 3.31. The number of aryl methyl sites for hydroxylation is 1. The first-order valence-corrected chi connectivity index (χ1v) is 10.1. The number of pyridine rings is 1. The van der Waals surface area contributed by atoms with Crippen molar-refractivity contribution in [3.8, 4) is 0 Å². The maximum absolute atomic E-state index is 6.35. The number of hydrogen-bond donors (Lipinski definition) is 1. The van der Waals surface area contributed by atoms with Gasteiger partial charge in [-0.15, -0.1) is 0 Å². The third-order valence-corrected chi connectivity index (χ3v) is 5.29. The Bertz CT molecular complexity index is 789. The van der Waals surface area contributed by atoms with Gasteiger partial charge in [-0.25, -0.2) is 4.57 Å². The van der Waals surface area contributed by atoms with Gasteiger partial charge in [0.15, 0.2) is 18.7 Å². The van der Waals surface area contributed by atoms with Crippen molar-refractivity contribution < 1.29 is 14.0 Å². The lowest BCUT2D eigenvalue weighted by molar-refractivity contribution is -0.671. The summed E-state index contributed by atoms with van der Waals surface area (Å²) in [5, 5.41) is 0. The molecule has 150 valence electrons. The molecule has 1 aliphatic heterocycles. The van der Waals surface area contributed by atoms with E-state index in [1.165, 1.54) is 5.56 Å². The number of nitrogens with two attached hydrogens (primary N) is 1. The predicted molar refractivity (Wildman–Crippen MR) is 113 cm³/mol. The highest BCUT2D eigenvalue weighted by atomic mass is 16.7. The second-order valence-electron chi connectivity index (χ2n) is 8.73. The first-order chi connectivity index (χ1) is 13.2. The molecule has 0 aliphatic carbocycles. The highest BCUT2D eigenvalue weighted by Crippen LogP contribution is 2.35. The van der Waals surface area contributed by atoms with Crippen LogP contribution in [-0.2, 0) is 16.5 Å². The highest BCUT2D eigenvalue weighted by molar-refractivity contribution is 5.69. The minimum atomic E-state index is -0.399. The smallest absolute Gasteiger partial charge is 0.184 e. The largest absolute Gasteiger partial charge is 0.345 e. The first kappa shape index (κ1) is 20.7. The molecule has 1 aromatic carbocycles. The zero-order valence-corrected chi connectivity index (χ0v) is 17.6. The Balaban J connectivity index is 1.73. The lowest BCUT2D eigenvalue weighted by Gasteiger charge is -2.42. The molecule has 3 rings (SSSR count). The second-order valence-corrected chi connectivity index (χ2v) is 8.73. The van der Waals surface area contributed by atoms with E-state index in [0.717, 1.165) is 17.5 Å². The van der Waals surface area contributed by atoms with Crippen LogP contribution in [0.2, 0.25) is 0 Å². The summed E-state index contributed by atoms with van der Waals surface area (Å²) in [5.74, 6) is 0.422. The van der Waals surface area contributed by atoms with Gasteiger partial charge in [-0.1, -0.05) is 50.3 Å². The van der Waals surface area contributed by atoms with E-state index in [4.69, 9.17) is 15.2 Å². The van der Waals surface area contributed by atoms with Gasteiger partial charge in [0.25, 0.3) is 0 Å². The molecule has 1 saturated heterocycles. The van der Waals surface area contributed by atoms with Crippen molar-refractivity contribution in [3.05, 3.63) is 65.5 Å². The van der Waals surface area contributed by atoms with Crippen LogP contribution in [0.15, 0.2) is 48.8 Å². The van der Waals surface area contributed by atoms with E-state index in [1.807, 2.05) is 37.9 Å². The van der Waals surface area contributed by atoms with Crippen molar-refractivity contribution in [2.45, 2.75) is 58.2 Å². The lowest BCUT2D eigenvalue weighted by atomic mass is 9.89. The molecule has 3 atom stereocenters. The molecule has 2 N–H and O–H groups in total. The van der Waals surface area contributed by atoms with E-state index >= 15 is 0 Å². The summed E-state index contributed by atoms with van der Waals surface area (Å²) in [6.07, 6.45) is 8.88. The molecule has 28 heavy (non-hydrogen) atoms. The Labute approximate surface area is 169 Å². The zero-order chi connectivity index (χ0) is 20.3. The van der Waals surface area contributed by atoms with Gasteiger partial charge in [-0.05, 0) is 30.9 Å². The zero-order valence-electron chi connectivity index (χ0n) is 17.6. The number of benzene rings is 1. The molecule has 2 heterocycles. The summed E-state index contributed by atoms with van der Waals surface area (Å²) in [7, 11) is 2.02. The maximum atomic E-state index is 6.35. The summed E-state index contributed by atoms with van der Waals surface area (Å²) >= 11 is 0. The van der Waals surface area contributed by atoms with Crippen molar-refractivity contribution in [1.29, 1.82) is 0 Å². The van der Waals surface area contributed by atoms with Crippen molar-refractivity contribution in [1.82, 2.24) is 0 Å². The van der Waals surface area contributed by atoms with Crippen LogP contribution >= 0.6 is 0 Å². The normalized spacial score (nSPS) is 23.5. The number of aromatic nitrogens is 1. The molecule has 0 radical (unpaired) electrons. The molecule has 1 fully saturated rings. The molecule has 0 bridgehead atoms. The second kappa shape index (κ2) is 8.56. The Morgan fingerprint density at radius 1 is 1.00 bits per heavy atom. The predicted octanol–water partition coefficient (Wildman–Crippen LogP) is 4.25. The molecule has 0 amide bonds. The van der Waals surface area contributed by atoms with Crippen LogP contribution < -0.4 is 10.3 Å². The number of nitrogens with zero attached hydrogens (tertiary/aromatic N) is 1. The Morgan fingerprint density at radius 2 is 1.57 bits per heavy atom. The minimum absolute atomic E-state index is 0.0300. The van der Waals surface area contributed by atoms with Crippen molar-refractivity contribution in [3.63, 3.8) is 0 Å². The van der Waals surface area contributed by atoms with E-state index in [0.29, 0.717) is 5.92 Å². The molecule has 1 aromatic heterocycles. The van der Waals surface area contributed by atoms with Gasteiger partial charge in [0, 0.05) is 29.7 Å². The molecule has 1 aliphatic rings. The molecular weight excluding hydrogens is 348 g/mol. The van der Waals surface area contributed by atoms with E-state index in [-0.39, 0.29) is 18.5 Å². The van der Waals surface area contributed by atoms with Gasteiger partial charge >= 0.3 is 0 Å². The van der Waals surface area contributed by atoms with Crippen LogP contribution in [0.4, 0.5) is 0 Å². The fourth-order valence-corrected chi connectivity index (χ4v) is 3.31. The van der Waals surface area contributed by atoms with Crippen LogP contribution in [0.25, 0.3) is 12.2 Å². The van der Waals surface area contributed by atoms with E-state index in [1.54, 1.807) is 0 Å². The quantitative estimate of drug-likeness (QED) is 0.788. The summed E-state index contributed by atoms with van der Waals surface area (Å²) in [6.45, 7) is 8.42. The van der Waals surface area contributed by atoms with Crippen LogP contribution in [0.3, 0.4) is 0 Å². The van der Waals surface area contributed by atoms with Crippen molar-refractivity contribution >= 4 is 12.2 Å². The molecule has 3 unspecified atom stereocenters. The van der Waals surface area contributed by atoms with E-state index in [2.05, 4.69) is 62.4 Å². The van der Waals surface area contributed by atoms with Crippen LogP contribution in [0.5, 0.6) is 0 Å². The third kappa shape index (κ3) is 5.28. The SMILES string of the molecule is CC(C)C1CC(C(C)(C)N)OC(c2ccc(/C=C/c3cc[n+](C)cc3)cc2)O1. The average Bonchev–Trinajstić information content (AvgIpc) is 2.67. The van der Waals surface area contributed by atoms with Crippen molar-refractivity contribution in [2.24, 2.45) is 18.7 Å². The van der Waals surface area contributed by atoms with E-state index in [9.17, 15) is 0 Å². The van der Waals surface area contributed by atoms with Gasteiger partial charge in [0.05, 0.1) is 12.2 Å². The molecule has 4 nitrogen and oxygen atoms in total. The number of ether oxygens (including phenoxy) is 2. The van der Waals surface area contributed by atoms with Gasteiger partial charge < -0.3 is 15.2 Å². The topological polar surface area (TPSA) is 48.4 Å². The minimum Gasteiger partial charge on any atom is -0.345 e. The lowest BCUT2D eigenvalue weighted by Crippen LogP contribution is -2.52. The maximum Gasteiger partial charge on any atom is 0.184 e. The standard InChI is InChI=1S/C24H33N2O2/c1-17(2)21-16-22(24(3,4)25)28-23(27-21)20-10-8-18(9-11-20)6-7-19-12-14-26(5)15-13-19/h6-15,17,21-23H,16,25H2,1-5H3/q+1/b7-6+. The van der Waals surface area contributed by atoms with E-state index < -0.39 is 5.54 Å². The number of rotatable bonds is 5. The van der Waals surface area contributed by atoms with Gasteiger partial charge in [-0.3, -0.25) is 0 Å². The van der Waals surface area contributed by atoms with Crippen LogP contribution in [0.1, 0.15) is 57.1 Å². The summed E-state index contributed by atoms with van der Waals surface area (Å²) < 4.78 is 14.5. The monoisotopic (exact) mass is 381 g/mol. The van der Waals surface area contributed by atoms with Gasteiger partial charge in [-0.2, -0.15) is 0 Å².